The van der Waals surface area contributed by atoms with Gasteiger partial charge in [-0.3, -0.25) is 4.79 Å². The molecule has 4 nitrogen and oxygen atoms in total. The van der Waals surface area contributed by atoms with Crippen molar-refractivity contribution in [3.8, 4) is 0 Å². The first kappa shape index (κ1) is 14.9. The molecule has 1 heterocycles. The van der Waals surface area contributed by atoms with Crippen LogP contribution >= 0.6 is 0 Å². The summed E-state index contributed by atoms with van der Waals surface area (Å²) >= 11 is 0. The van der Waals surface area contributed by atoms with E-state index < -0.39 is 6.10 Å². The summed E-state index contributed by atoms with van der Waals surface area (Å²) in [6.45, 7) is 3.82. The zero-order valence-electron chi connectivity index (χ0n) is 12.1. The number of benzene rings is 1. The van der Waals surface area contributed by atoms with E-state index in [4.69, 9.17) is 0 Å². The Morgan fingerprint density at radius 3 is 2.70 bits per heavy atom. The van der Waals surface area contributed by atoms with E-state index >= 15 is 0 Å². The molecule has 0 aliphatic carbocycles. The minimum absolute atomic E-state index is 0.0321. The Balaban J connectivity index is 2.01. The highest BCUT2D eigenvalue weighted by molar-refractivity contribution is 5.94. The molecule has 20 heavy (non-hydrogen) atoms. The molecule has 4 heteroatoms. The fourth-order valence-corrected chi connectivity index (χ4v) is 2.54. The highest BCUT2D eigenvalue weighted by Gasteiger charge is 2.15. The van der Waals surface area contributed by atoms with Gasteiger partial charge in [0.15, 0.2) is 0 Å². The summed E-state index contributed by atoms with van der Waals surface area (Å²) in [6, 6.07) is 7.97. The van der Waals surface area contributed by atoms with Crippen LogP contribution in [-0.2, 0) is 4.79 Å². The standard InChI is InChI=1S/C16H24N2O2/c1-13(19)9-10-16(20)17-14-7-3-4-8-15(14)18-11-5-2-6-12-18/h3-4,7-8,13,19H,2,5-6,9-12H2,1H3,(H,17,20). The fourth-order valence-electron chi connectivity index (χ4n) is 2.54. The predicted octanol–water partition coefficient (Wildman–Crippen LogP) is 2.78. The monoisotopic (exact) mass is 276 g/mol. The third-order valence-electron chi connectivity index (χ3n) is 3.66. The Hall–Kier alpha value is -1.55. The number of rotatable bonds is 5. The van der Waals surface area contributed by atoms with Crippen LogP contribution in [0.15, 0.2) is 24.3 Å². The topological polar surface area (TPSA) is 52.6 Å². The number of amides is 1. The van der Waals surface area contributed by atoms with Crippen LogP contribution < -0.4 is 10.2 Å². The first-order valence-corrected chi connectivity index (χ1v) is 7.48. The molecule has 1 aliphatic rings. The van der Waals surface area contributed by atoms with Crippen molar-refractivity contribution in [2.24, 2.45) is 0 Å². The van der Waals surface area contributed by atoms with Gasteiger partial charge in [0.2, 0.25) is 5.91 Å². The van der Waals surface area contributed by atoms with Gasteiger partial charge in [-0.2, -0.15) is 0 Å². The van der Waals surface area contributed by atoms with E-state index in [-0.39, 0.29) is 5.91 Å². The predicted molar refractivity (Wildman–Crippen MR) is 82.1 cm³/mol. The second-order valence-electron chi connectivity index (χ2n) is 5.50. The van der Waals surface area contributed by atoms with Crippen LogP contribution in [0.5, 0.6) is 0 Å². The van der Waals surface area contributed by atoms with Crippen molar-refractivity contribution in [1.82, 2.24) is 0 Å². The number of hydrogen-bond acceptors (Lipinski definition) is 3. The van der Waals surface area contributed by atoms with Crippen LogP contribution in [0.4, 0.5) is 11.4 Å². The summed E-state index contributed by atoms with van der Waals surface area (Å²) in [5.74, 6) is -0.0321. The smallest absolute Gasteiger partial charge is 0.224 e. The fraction of sp³-hybridized carbons (Fsp3) is 0.562. The van der Waals surface area contributed by atoms with Crippen molar-refractivity contribution in [2.45, 2.75) is 45.1 Å². The van der Waals surface area contributed by atoms with Gasteiger partial charge < -0.3 is 15.3 Å². The van der Waals surface area contributed by atoms with E-state index in [1.54, 1.807) is 6.92 Å². The van der Waals surface area contributed by atoms with Crippen molar-refractivity contribution in [2.75, 3.05) is 23.3 Å². The molecule has 0 radical (unpaired) electrons. The Morgan fingerprint density at radius 1 is 1.30 bits per heavy atom. The molecule has 0 spiro atoms. The maximum absolute atomic E-state index is 11.9. The zero-order valence-corrected chi connectivity index (χ0v) is 12.1. The average molecular weight is 276 g/mol. The van der Waals surface area contributed by atoms with Gasteiger partial charge in [0.1, 0.15) is 0 Å². The number of para-hydroxylation sites is 2. The summed E-state index contributed by atoms with van der Waals surface area (Å²) in [6.07, 6.45) is 4.13. The summed E-state index contributed by atoms with van der Waals surface area (Å²) < 4.78 is 0. The Labute approximate surface area is 120 Å². The molecule has 2 rings (SSSR count). The first-order valence-electron chi connectivity index (χ1n) is 7.48. The maximum atomic E-state index is 11.9. The highest BCUT2D eigenvalue weighted by atomic mass is 16.3. The van der Waals surface area contributed by atoms with Crippen molar-refractivity contribution in [3.63, 3.8) is 0 Å². The summed E-state index contributed by atoms with van der Waals surface area (Å²) in [4.78, 5) is 14.3. The van der Waals surface area contributed by atoms with Crippen LogP contribution in [0.25, 0.3) is 0 Å². The van der Waals surface area contributed by atoms with Gasteiger partial charge in [-0.1, -0.05) is 12.1 Å². The molecule has 1 aromatic rings. The van der Waals surface area contributed by atoms with E-state index in [2.05, 4.69) is 16.3 Å². The second-order valence-corrected chi connectivity index (χ2v) is 5.50. The van der Waals surface area contributed by atoms with Crippen molar-refractivity contribution in [1.29, 1.82) is 0 Å². The summed E-state index contributed by atoms with van der Waals surface area (Å²) in [7, 11) is 0. The molecule has 1 aromatic carbocycles. The van der Waals surface area contributed by atoms with Crippen LogP contribution in [0, 0.1) is 0 Å². The molecule has 110 valence electrons. The van der Waals surface area contributed by atoms with Crippen LogP contribution in [0.1, 0.15) is 39.0 Å². The number of hydrogen-bond donors (Lipinski definition) is 2. The number of carbonyl (C=O) groups is 1. The minimum atomic E-state index is -0.432. The molecule has 0 saturated carbocycles. The molecule has 1 saturated heterocycles. The van der Waals surface area contributed by atoms with Crippen LogP contribution in [-0.4, -0.2) is 30.2 Å². The molecule has 0 bridgehead atoms. The number of aliphatic hydroxyl groups is 1. The molecule has 2 N–H and O–H groups in total. The van der Waals surface area contributed by atoms with Gasteiger partial charge in [-0.05, 0) is 44.7 Å². The number of nitrogens with one attached hydrogen (secondary N) is 1. The zero-order chi connectivity index (χ0) is 14.4. The second kappa shape index (κ2) is 7.29. The van der Waals surface area contributed by atoms with Gasteiger partial charge in [-0.25, -0.2) is 0 Å². The molecular weight excluding hydrogens is 252 g/mol. The summed E-state index contributed by atoms with van der Waals surface area (Å²) in [5.41, 5.74) is 1.99. The lowest BCUT2D eigenvalue weighted by molar-refractivity contribution is -0.116. The Kier molecular flexibility index (Phi) is 5.41. The minimum Gasteiger partial charge on any atom is -0.393 e. The lowest BCUT2D eigenvalue weighted by Gasteiger charge is -2.30. The molecule has 1 aliphatic heterocycles. The molecular formula is C16H24N2O2. The maximum Gasteiger partial charge on any atom is 0.224 e. The number of aliphatic hydroxyl groups excluding tert-OH is 1. The van der Waals surface area contributed by atoms with Crippen molar-refractivity contribution >= 4 is 17.3 Å². The van der Waals surface area contributed by atoms with E-state index in [0.29, 0.717) is 12.8 Å². The Bertz CT molecular complexity index is 440. The molecule has 1 amide bonds. The SMILES string of the molecule is CC(O)CCC(=O)Nc1ccccc1N1CCCCC1. The lowest BCUT2D eigenvalue weighted by atomic mass is 10.1. The van der Waals surface area contributed by atoms with Gasteiger partial charge in [0.05, 0.1) is 17.5 Å². The molecule has 1 unspecified atom stereocenters. The highest BCUT2D eigenvalue weighted by Crippen LogP contribution is 2.28. The third-order valence-corrected chi connectivity index (χ3v) is 3.66. The number of carbonyl (C=O) groups excluding carboxylic acids is 1. The van der Waals surface area contributed by atoms with E-state index in [9.17, 15) is 9.90 Å². The number of anilines is 2. The van der Waals surface area contributed by atoms with E-state index in [0.717, 1.165) is 24.5 Å². The average Bonchev–Trinajstić information content (AvgIpc) is 2.47. The van der Waals surface area contributed by atoms with Gasteiger partial charge in [-0.15, -0.1) is 0 Å². The normalized spacial score (nSPS) is 16.8. The summed E-state index contributed by atoms with van der Waals surface area (Å²) in [5, 5.41) is 12.2. The lowest BCUT2D eigenvalue weighted by Crippen LogP contribution is -2.30. The first-order chi connectivity index (χ1) is 9.66. The van der Waals surface area contributed by atoms with Crippen molar-refractivity contribution in [3.05, 3.63) is 24.3 Å². The van der Waals surface area contributed by atoms with Gasteiger partial charge in [0, 0.05) is 19.5 Å². The van der Waals surface area contributed by atoms with E-state index in [1.807, 2.05) is 18.2 Å². The van der Waals surface area contributed by atoms with Gasteiger partial charge >= 0.3 is 0 Å². The van der Waals surface area contributed by atoms with E-state index in [1.165, 1.54) is 19.3 Å². The molecule has 0 aromatic heterocycles. The van der Waals surface area contributed by atoms with Gasteiger partial charge in [0.25, 0.3) is 0 Å². The number of nitrogens with zero attached hydrogens (tertiary/aromatic N) is 1. The van der Waals surface area contributed by atoms with Crippen molar-refractivity contribution < 1.29 is 9.90 Å². The quantitative estimate of drug-likeness (QED) is 0.869. The van der Waals surface area contributed by atoms with Crippen LogP contribution in [0.2, 0.25) is 0 Å². The Morgan fingerprint density at radius 2 is 2.00 bits per heavy atom. The molecule has 1 fully saturated rings. The molecule has 1 atom stereocenters. The largest absolute Gasteiger partial charge is 0.393 e. The third kappa shape index (κ3) is 4.23. The van der Waals surface area contributed by atoms with Crippen LogP contribution in [0.3, 0.4) is 0 Å². The number of piperidine rings is 1.